The summed E-state index contributed by atoms with van der Waals surface area (Å²) in [5.74, 6) is -0.842. The standard InChI is InChI=1S/C15H24N4O4S/c1-10-13(11(2)18(3)16-10)9-14(20)19-7-5-12(6-8-19)15(21)17-24(4,22)23/h12H,5-9H2,1-4H3,(H,17,21). The molecule has 24 heavy (non-hydrogen) atoms. The summed E-state index contributed by atoms with van der Waals surface area (Å²) < 4.78 is 26.0. The van der Waals surface area contributed by atoms with Crippen LogP contribution in [0.5, 0.6) is 0 Å². The number of hydrogen-bond acceptors (Lipinski definition) is 5. The number of hydrogen-bond donors (Lipinski definition) is 1. The van der Waals surface area contributed by atoms with E-state index >= 15 is 0 Å². The van der Waals surface area contributed by atoms with Crippen LogP contribution < -0.4 is 4.72 Å². The summed E-state index contributed by atoms with van der Waals surface area (Å²) >= 11 is 0. The molecule has 2 amide bonds. The number of carbonyl (C=O) groups excluding carboxylic acids is 2. The van der Waals surface area contributed by atoms with Crippen molar-refractivity contribution >= 4 is 21.8 Å². The molecule has 1 fully saturated rings. The molecule has 1 N–H and O–H groups in total. The van der Waals surface area contributed by atoms with Gasteiger partial charge in [0.2, 0.25) is 21.8 Å². The number of nitrogens with one attached hydrogen (secondary N) is 1. The minimum absolute atomic E-state index is 0.0103. The average molecular weight is 356 g/mol. The maximum absolute atomic E-state index is 12.5. The number of carbonyl (C=O) groups is 2. The molecule has 134 valence electrons. The van der Waals surface area contributed by atoms with Gasteiger partial charge in [0, 0.05) is 37.3 Å². The molecule has 0 radical (unpaired) electrons. The molecule has 0 atom stereocenters. The Morgan fingerprint density at radius 1 is 1.25 bits per heavy atom. The predicted octanol–water partition coefficient (Wildman–Crippen LogP) is -0.106. The van der Waals surface area contributed by atoms with Crippen molar-refractivity contribution < 1.29 is 18.0 Å². The lowest BCUT2D eigenvalue weighted by Crippen LogP contribution is -2.44. The summed E-state index contributed by atoms with van der Waals surface area (Å²) in [7, 11) is -1.69. The van der Waals surface area contributed by atoms with Crippen LogP contribution in [0.15, 0.2) is 0 Å². The molecular formula is C15H24N4O4S. The normalized spacial score (nSPS) is 16.2. The molecular weight excluding hydrogens is 332 g/mol. The minimum atomic E-state index is -3.54. The Hall–Kier alpha value is -1.90. The Balaban J connectivity index is 1.92. The lowest BCUT2D eigenvalue weighted by molar-refractivity contribution is -0.134. The maximum atomic E-state index is 12.5. The predicted molar refractivity (Wildman–Crippen MR) is 88.7 cm³/mol. The van der Waals surface area contributed by atoms with Crippen molar-refractivity contribution in [3.05, 3.63) is 17.0 Å². The number of rotatable bonds is 4. The van der Waals surface area contributed by atoms with Crippen LogP contribution in [-0.2, 0) is 33.1 Å². The molecule has 1 aromatic rings. The van der Waals surface area contributed by atoms with Gasteiger partial charge >= 0.3 is 0 Å². The van der Waals surface area contributed by atoms with E-state index in [0.717, 1.165) is 23.2 Å². The van der Waals surface area contributed by atoms with E-state index in [9.17, 15) is 18.0 Å². The number of aromatic nitrogens is 2. The summed E-state index contributed by atoms with van der Waals surface area (Å²) in [5, 5.41) is 4.31. The van der Waals surface area contributed by atoms with Crippen molar-refractivity contribution in [2.75, 3.05) is 19.3 Å². The van der Waals surface area contributed by atoms with E-state index in [1.165, 1.54) is 0 Å². The zero-order chi connectivity index (χ0) is 18.1. The molecule has 0 aliphatic carbocycles. The number of piperidine rings is 1. The van der Waals surface area contributed by atoms with Gasteiger partial charge in [-0.1, -0.05) is 0 Å². The van der Waals surface area contributed by atoms with E-state index < -0.39 is 15.9 Å². The molecule has 0 spiro atoms. The Morgan fingerprint density at radius 3 is 2.29 bits per heavy atom. The summed E-state index contributed by atoms with van der Waals surface area (Å²) in [6, 6.07) is 0. The highest BCUT2D eigenvalue weighted by Gasteiger charge is 2.29. The number of nitrogens with zero attached hydrogens (tertiary/aromatic N) is 3. The van der Waals surface area contributed by atoms with Gasteiger partial charge in [-0.2, -0.15) is 5.10 Å². The first-order chi connectivity index (χ1) is 11.1. The number of likely N-dealkylation sites (tertiary alicyclic amines) is 1. The summed E-state index contributed by atoms with van der Waals surface area (Å²) in [4.78, 5) is 26.1. The second kappa shape index (κ2) is 6.92. The van der Waals surface area contributed by atoms with Gasteiger partial charge in [-0.25, -0.2) is 8.42 Å². The average Bonchev–Trinajstić information content (AvgIpc) is 2.72. The monoisotopic (exact) mass is 356 g/mol. The maximum Gasteiger partial charge on any atom is 0.236 e. The molecule has 0 bridgehead atoms. The first-order valence-corrected chi connectivity index (χ1v) is 9.76. The van der Waals surface area contributed by atoms with E-state index in [1.807, 2.05) is 25.6 Å². The van der Waals surface area contributed by atoms with Crippen LogP contribution in [0.3, 0.4) is 0 Å². The van der Waals surface area contributed by atoms with Crippen molar-refractivity contribution in [1.82, 2.24) is 19.4 Å². The topological polar surface area (TPSA) is 101 Å². The Morgan fingerprint density at radius 2 is 1.83 bits per heavy atom. The van der Waals surface area contributed by atoms with Gasteiger partial charge in [0.05, 0.1) is 18.4 Å². The fourth-order valence-electron chi connectivity index (χ4n) is 2.99. The minimum Gasteiger partial charge on any atom is -0.342 e. The van der Waals surface area contributed by atoms with Gasteiger partial charge < -0.3 is 4.90 Å². The number of aryl methyl sites for hydroxylation is 2. The first-order valence-electron chi connectivity index (χ1n) is 7.87. The highest BCUT2D eigenvalue weighted by Crippen LogP contribution is 2.20. The molecule has 0 unspecified atom stereocenters. The van der Waals surface area contributed by atoms with E-state index in [0.29, 0.717) is 32.4 Å². The van der Waals surface area contributed by atoms with E-state index in [4.69, 9.17) is 0 Å². The Labute approximate surface area is 142 Å². The van der Waals surface area contributed by atoms with Crippen LogP contribution in [0.1, 0.15) is 29.8 Å². The van der Waals surface area contributed by atoms with Gasteiger partial charge in [-0.3, -0.25) is 19.0 Å². The van der Waals surface area contributed by atoms with Crippen LogP contribution in [-0.4, -0.2) is 54.3 Å². The van der Waals surface area contributed by atoms with Crippen LogP contribution in [0.25, 0.3) is 0 Å². The molecule has 1 aliphatic rings. The molecule has 0 saturated carbocycles. The van der Waals surface area contributed by atoms with E-state index in [-0.39, 0.29) is 11.8 Å². The summed E-state index contributed by atoms with van der Waals surface area (Å²) in [6.45, 7) is 4.74. The second-order valence-electron chi connectivity index (χ2n) is 6.34. The highest BCUT2D eigenvalue weighted by molar-refractivity contribution is 7.89. The first kappa shape index (κ1) is 18.4. The SMILES string of the molecule is Cc1nn(C)c(C)c1CC(=O)N1CCC(C(=O)NS(C)(=O)=O)CC1. The molecule has 9 heteroatoms. The van der Waals surface area contributed by atoms with E-state index in [2.05, 4.69) is 5.10 Å². The fraction of sp³-hybridized carbons (Fsp3) is 0.667. The smallest absolute Gasteiger partial charge is 0.236 e. The van der Waals surface area contributed by atoms with Crippen LogP contribution in [0.2, 0.25) is 0 Å². The molecule has 2 heterocycles. The van der Waals surface area contributed by atoms with Gasteiger partial charge in [0.25, 0.3) is 0 Å². The largest absolute Gasteiger partial charge is 0.342 e. The van der Waals surface area contributed by atoms with Crippen molar-refractivity contribution in [2.45, 2.75) is 33.1 Å². The lowest BCUT2D eigenvalue weighted by atomic mass is 9.96. The van der Waals surface area contributed by atoms with E-state index in [1.54, 1.807) is 9.58 Å². The quantitative estimate of drug-likeness (QED) is 0.811. The second-order valence-corrected chi connectivity index (χ2v) is 8.09. The zero-order valence-electron chi connectivity index (χ0n) is 14.5. The highest BCUT2D eigenvalue weighted by atomic mass is 32.2. The summed E-state index contributed by atoms with van der Waals surface area (Å²) in [6.07, 6.45) is 2.20. The van der Waals surface area contributed by atoms with Crippen molar-refractivity contribution in [1.29, 1.82) is 0 Å². The Bertz CT molecular complexity index is 746. The van der Waals surface area contributed by atoms with Gasteiger partial charge in [-0.15, -0.1) is 0 Å². The van der Waals surface area contributed by atoms with Gasteiger partial charge in [-0.05, 0) is 26.7 Å². The molecule has 2 rings (SSSR count). The molecule has 8 nitrogen and oxygen atoms in total. The third-order valence-electron chi connectivity index (χ3n) is 4.49. The molecule has 0 aromatic carbocycles. The zero-order valence-corrected chi connectivity index (χ0v) is 15.3. The number of amides is 2. The van der Waals surface area contributed by atoms with Crippen molar-refractivity contribution in [2.24, 2.45) is 13.0 Å². The fourth-order valence-corrected chi connectivity index (χ4v) is 3.53. The van der Waals surface area contributed by atoms with Crippen molar-refractivity contribution in [3.8, 4) is 0 Å². The molecule has 1 aliphatic heterocycles. The van der Waals surface area contributed by atoms with Gasteiger partial charge in [0.15, 0.2) is 0 Å². The molecule has 1 saturated heterocycles. The Kier molecular flexibility index (Phi) is 5.32. The van der Waals surface area contributed by atoms with Crippen molar-refractivity contribution in [3.63, 3.8) is 0 Å². The van der Waals surface area contributed by atoms with Crippen LogP contribution in [0, 0.1) is 19.8 Å². The molecule has 1 aromatic heterocycles. The third-order valence-corrected chi connectivity index (χ3v) is 5.06. The number of sulfonamides is 1. The van der Waals surface area contributed by atoms with Crippen LogP contribution >= 0.6 is 0 Å². The van der Waals surface area contributed by atoms with Crippen LogP contribution in [0.4, 0.5) is 0 Å². The van der Waals surface area contributed by atoms with Gasteiger partial charge in [0.1, 0.15) is 0 Å². The third kappa shape index (κ3) is 4.34. The lowest BCUT2D eigenvalue weighted by Gasteiger charge is -2.31. The summed E-state index contributed by atoms with van der Waals surface area (Å²) in [5.41, 5.74) is 2.77.